The standard InChI is InChI=1S/C22H25N3O4S/c1-14-10-15(2)12-20(11-14)29-9-8-28-19-7-5-6-18(13-19)21-25(17(4)27)24-22(30-21)23-16(3)26/h5-7,10-13,21H,8-9H2,1-4H3,(H,23,24,26)/t21-/m0/s1. The van der Waals surface area contributed by atoms with Gasteiger partial charge < -0.3 is 14.8 Å². The minimum Gasteiger partial charge on any atom is -0.490 e. The van der Waals surface area contributed by atoms with E-state index in [0.29, 0.717) is 24.1 Å². The van der Waals surface area contributed by atoms with Crippen LogP contribution in [0, 0.1) is 13.8 Å². The van der Waals surface area contributed by atoms with Gasteiger partial charge in [0.05, 0.1) is 0 Å². The average Bonchev–Trinajstić information content (AvgIpc) is 3.08. The highest BCUT2D eigenvalue weighted by molar-refractivity contribution is 8.14. The number of amidine groups is 1. The van der Waals surface area contributed by atoms with Crippen LogP contribution in [0.2, 0.25) is 0 Å². The number of benzene rings is 2. The molecule has 0 aromatic heterocycles. The van der Waals surface area contributed by atoms with Crippen molar-refractivity contribution in [1.29, 1.82) is 0 Å². The summed E-state index contributed by atoms with van der Waals surface area (Å²) in [6, 6.07) is 13.6. The Balaban J connectivity index is 1.60. The van der Waals surface area contributed by atoms with E-state index in [0.717, 1.165) is 22.4 Å². The van der Waals surface area contributed by atoms with E-state index in [1.807, 2.05) is 50.2 Å². The summed E-state index contributed by atoms with van der Waals surface area (Å²) >= 11 is 1.31. The highest BCUT2D eigenvalue weighted by Gasteiger charge is 2.32. The number of hydrogen-bond donors (Lipinski definition) is 1. The van der Waals surface area contributed by atoms with Gasteiger partial charge in [0, 0.05) is 13.8 Å². The summed E-state index contributed by atoms with van der Waals surface area (Å²) in [6.07, 6.45) is 0. The Morgan fingerprint density at radius 3 is 2.33 bits per heavy atom. The quantitative estimate of drug-likeness (QED) is 0.710. The fourth-order valence-electron chi connectivity index (χ4n) is 3.07. The predicted octanol–water partition coefficient (Wildman–Crippen LogP) is 3.76. The van der Waals surface area contributed by atoms with Crippen LogP contribution in [0.1, 0.15) is 35.9 Å². The molecule has 0 saturated heterocycles. The van der Waals surface area contributed by atoms with E-state index >= 15 is 0 Å². The van der Waals surface area contributed by atoms with Crippen molar-refractivity contribution in [2.75, 3.05) is 13.2 Å². The molecule has 1 aliphatic rings. The van der Waals surface area contributed by atoms with Crippen molar-refractivity contribution in [3.63, 3.8) is 0 Å². The molecular formula is C22H25N3O4S. The van der Waals surface area contributed by atoms with Crippen LogP contribution >= 0.6 is 11.8 Å². The van der Waals surface area contributed by atoms with Crippen molar-refractivity contribution < 1.29 is 19.1 Å². The number of aryl methyl sites for hydroxylation is 2. The second-order valence-corrected chi connectivity index (χ2v) is 8.08. The fourth-order valence-corrected chi connectivity index (χ4v) is 4.20. The lowest BCUT2D eigenvalue weighted by molar-refractivity contribution is -0.129. The molecule has 1 aliphatic heterocycles. The van der Waals surface area contributed by atoms with Crippen LogP contribution in [0.25, 0.3) is 0 Å². The first-order valence-electron chi connectivity index (χ1n) is 9.58. The SMILES string of the molecule is CC(=O)NC1=NN(C(C)=O)[C@H](c2cccc(OCCOc3cc(C)cc(C)c3)c2)S1. The third kappa shape index (κ3) is 5.76. The minimum atomic E-state index is -0.362. The molecule has 2 aromatic rings. The zero-order valence-corrected chi connectivity index (χ0v) is 18.3. The monoisotopic (exact) mass is 427 g/mol. The molecule has 0 spiro atoms. The van der Waals surface area contributed by atoms with Crippen LogP contribution in [0.5, 0.6) is 11.5 Å². The molecule has 30 heavy (non-hydrogen) atoms. The van der Waals surface area contributed by atoms with Gasteiger partial charge in [-0.15, -0.1) is 5.10 Å². The van der Waals surface area contributed by atoms with Gasteiger partial charge in [0.1, 0.15) is 30.1 Å². The number of amides is 2. The molecule has 1 heterocycles. The highest BCUT2D eigenvalue weighted by atomic mass is 32.2. The van der Waals surface area contributed by atoms with Crippen molar-refractivity contribution >= 4 is 28.7 Å². The maximum Gasteiger partial charge on any atom is 0.241 e. The third-order valence-electron chi connectivity index (χ3n) is 4.21. The van der Waals surface area contributed by atoms with Crippen molar-refractivity contribution in [2.24, 2.45) is 5.10 Å². The van der Waals surface area contributed by atoms with Crippen molar-refractivity contribution in [1.82, 2.24) is 10.3 Å². The number of nitrogens with one attached hydrogen (secondary N) is 1. The molecule has 0 saturated carbocycles. The molecule has 0 fully saturated rings. The Morgan fingerprint density at radius 1 is 1.03 bits per heavy atom. The topological polar surface area (TPSA) is 80.2 Å². The molecule has 0 unspecified atom stereocenters. The first kappa shape index (κ1) is 21.7. The maximum atomic E-state index is 12.0. The number of rotatable bonds is 6. The molecule has 2 aromatic carbocycles. The summed E-state index contributed by atoms with van der Waals surface area (Å²) in [4.78, 5) is 23.3. The highest BCUT2D eigenvalue weighted by Crippen LogP contribution is 2.39. The molecule has 7 nitrogen and oxygen atoms in total. The normalized spacial score (nSPS) is 15.5. The maximum absolute atomic E-state index is 12.0. The smallest absolute Gasteiger partial charge is 0.241 e. The molecule has 1 N–H and O–H groups in total. The van der Waals surface area contributed by atoms with E-state index in [4.69, 9.17) is 9.47 Å². The van der Waals surface area contributed by atoms with Gasteiger partial charge in [-0.1, -0.05) is 30.0 Å². The number of ether oxygens (including phenoxy) is 2. The van der Waals surface area contributed by atoms with Gasteiger partial charge in [-0.3, -0.25) is 9.59 Å². The van der Waals surface area contributed by atoms with Crippen LogP contribution in [0.15, 0.2) is 47.6 Å². The van der Waals surface area contributed by atoms with Crippen LogP contribution in [-0.2, 0) is 9.59 Å². The largest absolute Gasteiger partial charge is 0.490 e. The number of carbonyl (C=O) groups excluding carboxylic acids is 2. The Hall–Kier alpha value is -3.00. The van der Waals surface area contributed by atoms with Crippen molar-refractivity contribution in [3.05, 3.63) is 59.2 Å². The minimum absolute atomic E-state index is 0.207. The zero-order valence-electron chi connectivity index (χ0n) is 17.5. The third-order valence-corrected chi connectivity index (χ3v) is 5.31. The summed E-state index contributed by atoms with van der Waals surface area (Å²) in [6.45, 7) is 7.73. The van der Waals surface area contributed by atoms with E-state index in [9.17, 15) is 9.59 Å². The predicted molar refractivity (Wildman–Crippen MR) is 117 cm³/mol. The van der Waals surface area contributed by atoms with Gasteiger partial charge in [-0.05, 0) is 54.8 Å². The van der Waals surface area contributed by atoms with E-state index in [2.05, 4.69) is 16.5 Å². The van der Waals surface area contributed by atoms with Crippen LogP contribution in [-0.4, -0.2) is 35.2 Å². The Labute approximate surface area is 180 Å². The molecule has 2 amide bonds. The number of nitrogens with zero attached hydrogens (tertiary/aromatic N) is 2. The van der Waals surface area contributed by atoms with Crippen LogP contribution in [0.3, 0.4) is 0 Å². The van der Waals surface area contributed by atoms with E-state index in [1.54, 1.807) is 0 Å². The van der Waals surface area contributed by atoms with Crippen molar-refractivity contribution in [3.8, 4) is 11.5 Å². The first-order valence-corrected chi connectivity index (χ1v) is 10.5. The second-order valence-electron chi connectivity index (χ2n) is 7.01. The average molecular weight is 428 g/mol. The lowest BCUT2D eigenvalue weighted by atomic mass is 10.1. The Kier molecular flexibility index (Phi) is 6.99. The zero-order chi connectivity index (χ0) is 21.7. The summed E-state index contributed by atoms with van der Waals surface area (Å²) in [5.41, 5.74) is 3.17. The van der Waals surface area contributed by atoms with Crippen LogP contribution in [0.4, 0.5) is 0 Å². The van der Waals surface area contributed by atoms with Crippen LogP contribution < -0.4 is 14.8 Å². The Morgan fingerprint density at radius 2 is 1.70 bits per heavy atom. The van der Waals surface area contributed by atoms with E-state index < -0.39 is 0 Å². The number of carbonyl (C=O) groups is 2. The Bertz CT molecular complexity index is 956. The van der Waals surface area contributed by atoms with Gasteiger partial charge in [0.2, 0.25) is 11.8 Å². The molecule has 0 bridgehead atoms. The summed E-state index contributed by atoms with van der Waals surface area (Å²) in [5.74, 6) is 1.06. The molecular weight excluding hydrogens is 402 g/mol. The number of thioether (sulfide) groups is 1. The summed E-state index contributed by atoms with van der Waals surface area (Å²) in [5, 5.41) is 8.24. The van der Waals surface area contributed by atoms with E-state index in [-0.39, 0.29) is 17.2 Å². The van der Waals surface area contributed by atoms with Gasteiger partial charge in [0.25, 0.3) is 0 Å². The molecule has 0 aliphatic carbocycles. The van der Waals surface area contributed by atoms with E-state index in [1.165, 1.54) is 30.6 Å². The van der Waals surface area contributed by atoms with Gasteiger partial charge >= 0.3 is 0 Å². The molecule has 1 atom stereocenters. The fraction of sp³-hybridized carbons (Fsp3) is 0.318. The van der Waals surface area contributed by atoms with Gasteiger partial charge in [-0.25, -0.2) is 5.01 Å². The van der Waals surface area contributed by atoms with Gasteiger partial charge in [-0.2, -0.15) is 0 Å². The molecule has 3 rings (SSSR count). The number of hydrogen-bond acceptors (Lipinski definition) is 6. The molecule has 158 valence electrons. The lowest BCUT2D eigenvalue weighted by Gasteiger charge is -2.19. The first-order chi connectivity index (χ1) is 14.3. The summed E-state index contributed by atoms with van der Waals surface area (Å²) in [7, 11) is 0. The van der Waals surface area contributed by atoms with Crippen molar-refractivity contribution in [2.45, 2.75) is 33.1 Å². The second kappa shape index (κ2) is 9.67. The lowest BCUT2D eigenvalue weighted by Crippen LogP contribution is -2.25. The molecule has 8 heteroatoms. The van der Waals surface area contributed by atoms with Gasteiger partial charge in [0.15, 0.2) is 5.17 Å². The number of hydrazone groups is 1. The molecule has 0 radical (unpaired) electrons. The summed E-state index contributed by atoms with van der Waals surface area (Å²) < 4.78 is 11.6.